The molecule has 1 saturated heterocycles. The molecular weight excluding hydrogens is 246 g/mol. The summed E-state index contributed by atoms with van der Waals surface area (Å²) in [5.41, 5.74) is 0.552. The van der Waals surface area contributed by atoms with Crippen molar-refractivity contribution in [3.8, 4) is 0 Å². The van der Waals surface area contributed by atoms with Gasteiger partial charge in [0.25, 0.3) is 0 Å². The van der Waals surface area contributed by atoms with Crippen molar-refractivity contribution in [3.63, 3.8) is 0 Å². The molecule has 1 N–H and O–H groups in total. The van der Waals surface area contributed by atoms with Gasteiger partial charge in [0.05, 0.1) is 4.92 Å². The summed E-state index contributed by atoms with van der Waals surface area (Å²) in [6, 6.07) is 2.00. The van der Waals surface area contributed by atoms with Gasteiger partial charge in [0.2, 0.25) is 0 Å². The summed E-state index contributed by atoms with van der Waals surface area (Å²) in [6.45, 7) is 3.72. The van der Waals surface area contributed by atoms with E-state index in [-0.39, 0.29) is 5.69 Å². The number of hydrogen-bond donors (Lipinski definition) is 1. The van der Waals surface area contributed by atoms with Crippen LogP contribution in [0.2, 0.25) is 0 Å². The normalized spacial score (nSPS) is 21.3. The molecule has 1 aliphatic heterocycles. The second kappa shape index (κ2) is 5.94. The van der Waals surface area contributed by atoms with Crippen molar-refractivity contribution < 1.29 is 4.92 Å². The Balaban J connectivity index is 2.00. The lowest BCUT2D eigenvalue weighted by Crippen LogP contribution is -2.52. The lowest BCUT2D eigenvalue weighted by Gasteiger charge is -2.37. The fraction of sp³-hybridized carbons (Fsp3) is 0.583. The zero-order chi connectivity index (χ0) is 13.8. The SMILES string of the molecule is CN1CCN(C)C(CNc2ccncc2[N+](=O)[O-])C1. The maximum Gasteiger partial charge on any atom is 0.310 e. The van der Waals surface area contributed by atoms with E-state index in [1.807, 2.05) is 0 Å². The first-order chi connectivity index (χ1) is 9.08. The third-order valence-corrected chi connectivity index (χ3v) is 3.51. The van der Waals surface area contributed by atoms with E-state index in [1.54, 1.807) is 12.3 Å². The third kappa shape index (κ3) is 3.39. The van der Waals surface area contributed by atoms with E-state index in [4.69, 9.17) is 0 Å². The van der Waals surface area contributed by atoms with Gasteiger partial charge in [0.15, 0.2) is 0 Å². The van der Waals surface area contributed by atoms with Gasteiger partial charge < -0.3 is 10.2 Å². The monoisotopic (exact) mass is 265 g/mol. The average molecular weight is 265 g/mol. The summed E-state index contributed by atoms with van der Waals surface area (Å²) in [6.07, 6.45) is 2.84. The van der Waals surface area contributed by atoms with E-state index in [0.717, 1.165) is 19.6 Å². The predicted octanol–water partition coefficient (Wildman–Crippen LogP) is 0.647. The van der Waals surface area contributed by atoms with Crippen molar-refractivity contribution in [2.24, 2.45) is 0 Å². The van der Waals surface area contributed by atoms with Gasteiger partial charge in [0, 0.05) is 38.4 Å². The van der Waals surface area contributed by atoms with Crippen LogP contribution in [0.25, 0.3) is 0 Å². The van der Waals surface area contributed by atoms with Gasteiger partial charge in [-0.15, -0.1) is 0 Å². The van der Waals surface area contributed by atoms with Gasteiger partial charge in [-0.3, -0.25) is 20.0 Å². The molecular formula is C12H19N5O2. The van der Waals surface area contributed by atoms with Crippen LogP contribution in [0.15, 0.2) is 18.5 Å². The van der Waals surface area contributed by atoms with Crippen LogP contribution in [0.1, 0.15) is 0 Å². The first-order valence-corrected chi connectivity index (χ1v) is 6.29. The highest BCUT2D eigenvalue weighted by Crippen LogP contribution is 2.22. The summed E-state index contributed by atoms with van der Waals surface area (Å²) in [4.78, 5) is 18.8. The molecule has 0 bridgehead atoms. The maximum atomic E-state index is 10.9. The zero-order valence-corrected chi connectivity index (χ0v) is 11.2. The minimum atomic E-state index is -0.411. The Morgan fingerprint density at radius 1 is 1.53 bits per heavy atom. The lowest BCUT2D eigenvalue weighted by molar-refractivity contribution is -0.384. The number of rotatable bonds is 4. The van der Waals surface area contributed by atoms with Crippen LogP contribution in [-0.2, 0) is 0 Å². The highest BCUT2D eigenvalue weighted by Gasteiger charge is 2.22. The van der Waals surface area contributed by atoms with Crippen molar-refractivity contribution in [2.45, 2.75) is 6.04 Å². The first-order valence-electron chi connectivity index (χ1n) is 6.29. The number of piperazine rings is 1. The Hall–Kier alpha value is -1.73. The standard InChI is InChI=1S/C12H19N5O2/c1-15-5-6-16(2)10(9-15)7-14-11-3-4-13-8-12(11)17(18)19/h3-4,8,10H,5-7,9H2,1-2H3,(H,13,14). The predicted molar refractivity (Wildman–Crippen MR) is 73.3 cm³/mol. The molecule has 104 valence electrons. The van der Waals surface area contributed by atoms with E-state index < -0.39 is 4.92 Å². The minimum absolute atomic E-state index is 0.0225. The molecule has 7 nitrogen and oxygen atoms in total. The molecule has 7 heteroatoms. The molecule has 1 fully saturated rings. The molecule has 2 rings (SSSR count). The molecule has 1 atom stereocenters. The van der Waals surface area contributed by atoms with Crippen LogP contribution in [0.3, 0.4) is 0 Å². The smallest absolute Gasteiger partial charge is 0.310 e. The van der Waals surface area contributed by atoms with Crippen molar-refractivity contribution in [1.29, 1.82) is 0 Å². The third-order valence-electron chi connectivity index (χ3n) is 3.51. The molecule has 0 aromatic carbocycles. The molecule has 0 radical (unpaired) electrons. The summed E-state index contributed by atoms with van der Waals surface area (Å²) in [7, 11) is 4.18. The highest BCUT2D eigenvalue weighted by atomic mass is 16.6. The fourth-order valence-electron chi connectivity index (χ4n) is 2.23. The quantitative estimate of drug-likeness (QED) is 0.636. The van der Waals surface area contributed by atoms with Gasteiger partial charge in [0.1, 0.15) is 11.9 Å². The number of nitro groups is 1. The molecule has 0 spiro atoms. The van der Waals surface area contributed by atoms with E-state index in [1.165, 1.54) is 6.20 Å². The number of nitrogens with one attached hydrogen (secondary N) is 1. The van der Waals surface area contributed by atoms with Gasteiger partial charge in [-0.2, -0.15) is 0 Å². The average Bonchev–Trinajstić information content (AvgIpc) is 2.40. The molecule has 19 heavy (non-hydrogen) atoms. The largest absolute Gasteiger partial charge is 0.378 e. The number of hydrogen-bond acceptors (Lipinski definition) is 6. The van der Waals surface area contributed by atoms with Crippen LogP contribution in [0.4, 0.5) is 11.4 Å². The topological polar surface area (TPSA) is 74.5 Å². The van der Waals surface area contributed by atoms with Gasteiger partial charge in [-0.1, -0.05) is 0 Å². The van der Waals surface area contributed by atoms with Gasteiger partial charge in [-0.05, 0) is 20.2 Å². The second-order valence-electron chi connectivity index (χ2n) is 4.93. The van der Waals surface area contributed by atoms with Crippen molar-refractivity contribution in [3.05, 3.63) is 28.6 Å². The Bertz CT molecular complexity index is 454. The van der Waals surface area contributed by atoms with E-state index in [2.05, 4.69) is 34.2 Å². The van der Waals surface area contributed by atoms with E-state index >= 15 is 0 Å². The maximum absolute atomic E-state index is 10.9. The Morgan fingerprint density at radius 3 is 3.05 bits per heavy atom. The Morgan fingerprint density at radius 2 is 2.32 bits per heavy atom. The van der Waals surface area contributed by atoms with Crippen molar-refractivity contribution in [2.75, 3.05) is 45.6 Å². The van der Waals surface area contributed by atoms with Crippen LogP contribution in [0, 0.1) is 10.1 Å². The van der Waals surface area contributed by atoms with Crippen LogP contribution < -0.4 is 5.32 Å². The van der Waals surface area contributed by atoms with E-state index in [9.17, 15) is 10.1 Å². The molecule has 1 unspecified atom stereocenters. The van der Waals surface area contributed by atoms with Crippen molar-refractivity contribution in [1.82, 2.24) is 14.8 Å². The number of anilines is 1. The van der Waals surface area contributed by atoms with E-state index in [0.29, 0.717) is 18.3 Å². The summed E-state index contributed by atoms with van der Waals surface area (Å²) >= 11 is 0. The van der Waals surface area contributed by atoms with Gasteiger partial charge in [-0.25, -0.2) is 0 Å². The molecule has 2 heterocycles. The molecule has 0 aliphatic carbocycles. The van der Waals surface area contributed by atoms with Crippen LogP contribution >= 0.6 is 0 Å². The molecule has 0 amide bonds. The Labute approximate surface area is 112 Å². The fourth-order valence-corrected chi connectivity index (χ4v) is 2.23. The summed E-state index contributed by atoms with van der Waals surface area (Å²) in [5.74, 6) is 0. The van der Waals surface area contributed by atoms with Crippen LogP contribution in [-0.4, -0.2) is 66.0 Å². The molecule has 1 aromatic rings. The highest BCUT2D eigenvalue weighted by molar-refractivity contribution is 5.59. The first kappa shape index (κ1) is 13.7. The molecule has 1 aliphatic rings. The van der Waals surface area contributed by atoms with Crippen molar-refractivity contribution >= 4 is 11.4 Å². The summed E-state index contributed by atoms with van der Waals surface area (Å²) < 4.78 is 0. The number of aromatic nitrogens is 1. The molecule has 1 aromatic heterocycles. The zero-order valence-electron chi connectivity index (χ0n) is 11.2. The van der Waals surface area contributed by atoms with Crippen LogP contribution in [0.5, 0.6) is 0 Å². The van der Waals surface area contributed by atoms with Gasteiger partial charge >= 0.3 is 5.69 Å². The second-order valence-corrected chi connectivity index (χ2v) is 4.93. The molecule has 0 saturated carbocycles. The Kier molecular flexibility index (Phi) is 4.28. The summed E-state index contributed by atoms with van der Waals surface area (Å²) in [5, 5.41) is 14.1. The minimum Gasteiger partial charge on any atom is -0.378 e. The lowest BCUT2D eigenvalue weighted by atomic mass is 10.2. The number of pyridine rings is 1. The number of likely N-dealkylation sites (N-methyl/N-ethyl adjacent to an activating group) is 2. The number of nitrogens with zero attached hydrogens (tertiary/aromatic N) is 4.